The molecule has 1 heterocycles. The molecule has 1 aliphatic carbocycles. The number of aromatic nitrogens is 2. The Hall–Kier alpha value is -0.350. The first-order valence-electron chi connectivity index (χ1n) is 4.48. The topological polar surface area (TPSA) is 37.8 Å². The summed E-state index contributed by atoms with van der Waals surface area (Å²) in [5, 5.41) is 12.3. The first kappa shape index (κ1) is 9.21. The maximum atomic E-state index is 6.01. The van der Waals surface area contributed by atoms with Crippen LogP contribution in [0.4, 0.5) is 5.13 Å². The van der Waals surface area contributed by atoms with Crippen molar-refractivity contribution in [2.45, 2.75) is 24.6 Å². The van der Waals surface area contributed by atoms with Gasteiger partial charge in [0.15, 0.2) is 0 Å². The van der Waals surface area contributed by atoms with E-state index in [1.165, 1.54) is 6.42 Å². The van der Waals surface area contributed by atoms with Crippen LogP contribution in [0.5, 0.6) is 0 Å². The number of rotatable bonds is 3. The number of halogens is 1. The second-order valence-corrected chi connectivity index (χ2v) is 4.85. The van der Waals surface area contributed by atoms with Gasteiger partial charge in [0.05, 0.1) is 0 Å². The highest BCUT2D eigenvalue weighted by molar-refractivity contribution is 7.13. The summed E-state index contributed by atoms with van der Waals surface area (Å²) in [7, 11) is 0. The van der Waals surface area contributed by atoms with E-state index in [9.17, 15) is 0 Å². The smallest absolute Gasteiger partial charge is 0.205 e. The van der Waals surface area contributed by atoms with Crippen molar-refractivity contribution in [3.8, 4) is 0 Å². The number of hydrogen-bond donors (Lipinski definition) is 1. The molecule has 1 fully saturated rings. The van der Waals surface area contributed by atoms with Gasteiger partial charge in [0.25, 0.3) is 0 Å². The predicted molar refractivity (Wildman–Crippen MR) is 55.4 cm³/mol. The highest BCUT2D eigenvalue weighted by Crippen LogP contribution is 2.29. The van der Waals surface area contributed by atoms with E-state index in [0.29, 0.717) is 11.3 Å². The molecule has 1 N–H and O–H groups in total. The molecule has 0 radical (unpaired) electrons. The molecule has 72 valence electrons. The summed E-state index contributed by atoms with van der Waals surface area (Å²) in [6.45, 7) is 0.985. The van der Waals surface area contributed by atoms with Gasteiger partial charge in [-0.15, -0.1) is 21.8 Å². The Morgan fingerprint density at radius 3 is 3.15 bits per heavy atom. The lowest BCUT2D eigenvalue weighted by Gasteiger charge is -2.08. The van der Waals surface area contributed by atoms with Crippen LogP contribution in [0, 0.1) is 5.92 Å². The Morgan fingerprint density at radius 1 is 1.62 bits per heavy atom. The number of nitrogens with zero attached hydrogens (tertiary/aromatic N) is 2. The largest absolute Gasteiger partial charge is 0.360 e. The van der Waals surface area contributed by atoms with Crippen LogP contribution in [0.3, 0.4) is 0 Å². The molecular formula is C8H12ClN3S. The minimum atomic E-state index is 0.390. The molecule has 1 saturated carbocycles. The maximum absolute atomic E-state index is 6.01. The summed E-state index contributed by atoms with van der Waals surface area (Å²) in [5.41, 5.74) is 1.74. The molecule has 5 heteroatoms. The first-order valence-corrected chi connectivity index (χ1v) is 5.80. The van der Waals surface area contributed by atoms with Crippen molar-refractivity contribution < 1.29 is 0 Å². The van der Waals surface area contributed by atoms with Crippen molar-refractivity contribution in [1.82, 2.24) is 10.2 Å². The molecule has 2 unspecified atom stereocenters. The van der Waals surface area contributed by atoms with E-state index in [2.05, 4.69) is 15.5 Å². The lowest BCUT2D eigenvalue weighted by Crippen LogP contribution is -2.11. The molecular weight excluding hydrogens is 206 g/mol. The number of anilines is 1. The van der Waals surface area contributed by atoms with Crippen molar-refractivity contribution in [3.63, 3.8) is 0 Å². The Kier molecular flexibility index (Phi) is 3.01. The average molecular weight is 218 g/mol. The van der Waals surface area contributed by atoms with E-state index < -0.39 is 0 Å². The van der Waals surface area contributed by atoms with Crippen LogP contribution >= 0.6 is 22.9 Å². The summed E-state index contributed by atoms with van der Waals surface area (Å²) in [6.07, 6.45) is 3.53. The molecule has 3 nitrogen and oxygen atoms in total. The van der Waals surface area contributed by atoms with Gasteiger partial charge in [-0.2, -0.15) is 0 Å². The summed E-state index contributed by atoms with van der Waals surface area (Å²) in [6, 6.07) is 0. The van der Waals surface area contributed by atoms with E-state index in [-0.39, 0.29) is 0 Å². The van der Waals surface area contributed by atoms with Crippen LogP contribution in [0.1, 0.15) is 19.3 Å². The Balaban J connectivity index is 1.74. The molecule has 0 saturated heterocycles. The van der Waals surface area contributed by atoms with Crippen LogP contribution in [-0.2, 0) is 0 Å². The van der Waals surface area contributed by atoms with Crippen molar-refractivity contribution in [2.75, 3.05) is 11.9 Å². The zero-order chi connectivity index (χ0) is 9.10. The zero-order valence-corrected chi connectivity index (χ0v) is 8.81. The van der Waals surface area contributed by atoms with Gasteiger partial charge in [0.1, 0.15) is 5.51 Å². The highest BCUT2D eigenvalue weighted by Gasteiger charge is 2.22. The molecule has 2 rings (SSSR count). The first-order chi connectivity index (χ1) is 6.34. The fraction of sp³-hybridized carbons (Fsp3) is 0.750. The molecule has 0 spiro atoms. The lowest BCUT2D eigenvalue weighted by molar-refractivity contribution is 0.580. The van der Waals surface area contributed by atoms with Crippen LogP contribution in [-0.4, -0.2) is 22.1 Å². The highest BCUT2D eigenvalue weighted by atomic mass is 35.5. The summed E-state index contributed by atoms with van der Waals surface area (Å²) in [4.78, 5) is 0. The number of hydrogen-bond acceptors (Lipinski definition) is 4. The average Bonchev–Trinajstić information content (AvgIpc) is 2.71. The molecule has 1 aromatic rings. The van der Waals surface area contributed by atoms with Gasteiger partial charge in [0, 0.05) is 11.9 Å². The van der Waals surface area contributed by atoms with Gasteiger partial charge < -0.3 is 5.32 Å². The summed E-state index contributed by atoms with van der Waals surface area (Å²) in [5.74, 6) is 0.714. The molecule has 0 bridgehead atoms. The van der Waals surface area contributed by atoms with Gasteiger partial charge >= 0.3 is 0 Å². The molecule has 13 heavy (non-hydrogen) atoms. The Labute approximate surface area is 86.5 Å². The second-order valence-electron chi connectivity index (χ2n) is 3.40. The number of alkyl halides is 1. The summed E-state index contributed by atoms with van der Waals surface area (Å²) < 4.78 is 0. The van der Waals surface area contributed by atoms with Gasteiger partial charge in [-0.3, -0.25) is 0 Å². The van der Waals surface area contributed by atoms with Gasteiger partial charge in [-0.1, -0.05) is 11.3 Å². The van der Waals surface area contributed by atoms with E-state index >= 15 is 0 Å². The molecule has 2 atom stereocenters. The van der Waals surface area contributed by atoms with Crippen molar-refractivity contribution in [1.29, 1.82) is 0 Å². The van der Waals surface area contributed by atoms with Crippen molar-refractivity contribution in [2.24, 2.45) is 5.92 Å². The summed E-state index contributed by atoms with van der Waals surface area (Å²) >= 11 is 7.56. The molecule has 0 aliphatic heterocycles. The van der Waals surface area contributed by atoms with E-state index in [1.54, 1.807) is 16.8 Å². The SMILES string of the molecule is ClC1CCC(CNc2nncs2)C1. The minimum absolute atomic E-state index is 0.390. The maximum Gasteiger partial charge on any atom is 0.205 e. The normalized spacial score (nSPS) is 27.8. The molecule has 0 aromatic carbocycles. The van der Waals surface area contributed by atoms with Gasteiger partial charge in [0.2, 0.25) is 5.13 Å². The Bertz CT molecular complexity index is 252. The van der Waals surface area contributed by atoms with E-state index in [0.717, 1.165) is 24.5 Å². The standard InChI is InChI=1S/C8H12ClN3S/c9-7-2-1-6(3-7)4-10-8-12-11-5-13-8/h5-7H,1-4H2,(H,10,12). The monoisotopic (exact) mass is 217 g/mol. The molecule has 1 aromatic heterocycles. The van der Waals surface area contributed by atoms with Crippen LogP contribution in [0.25, 0.3) is 0 Å². The van der Waals surface area contributed by atoms with Gasteiger partial charge in [-0.25, -0.2) is 0 Å². The quantitative estimate of drug-likeness (QED) is 0.790. The van der Waals surface area contributed by atoms with Crippen LogP contribution in [0.2, 0.25) is 0 Å². The third-order valence-electron chi connectivity index (χ3n) is 2.38. The third kappa shape index (κ3) is 2.54. The van der Waals surface area contributed by atoms with E-state index in [4.69, 9.17) is 11.6 Å². The number of nitrogens with one attached hydrogen (secondary N) is 1. The third-order valence-corrected chi connectivity index (χ3v) is 3.42. The van der Waals surface area contributed by atoms with E-state index in [1.807, 2.05) is 0 Å². The minimum Gasteiger partial charge on any atom is -0.360 e. The van der Waals surface area contributed by atoms with Crippen molar-refractivity contribution in [3.05, 3.63) is 5.51 Å². The van der Waals surface area contributed by atoms with Crippen molar-refractivity contribution >= 4 is 28.1 Å². The van der Waals surface area contributed by atoms with Crippen LogP contribution < -0.4 is 5.32 Å². The fourth-order valence-electron chi connectivity index (χ4n) is 1.68. The molecule has 0 amide bonds. The zero-order valence-electron chi connectivity index (χ0n) is 7.24. The van der Waals surface area contributed by atoms with Crippen LogP contribution in [0.15, 0.2) is 5.51 Å². The predicted octanol–water partition coefficient (Wildman–Crippen LogP) is 2.36. The second kappa shape index (κ2) is 4.24. The van der Waals surface area contributed by atoms with Gasteiger partial charge in [-0.05, 0) is 25.2 Å². The Morgan fingerprint density at radius 2 is 2.54 bits per heavy atom. The lowest BCUT2D eigenvalue weighted by atomic mass is 10.1. The fourth-order valence-corrected chi connectivity index (χ4v) is 2.51. The molecule has 1 aliphatic rings.